The second-order valence-electron chi connectivity index (χ2n) is 3.18. The fraction of sp³-hybridized carbons (Fsp3) is 0.600. The Morgan fingerprint density at radius 2 is 2.20 bits per heavy atom. The highest BCUT2D eigenvalue weighted by atomic mass is 35.5. The van der Waals surface area contributed by atoms with E-state index in [1.165, 1.54) is 0 Å². The van der Waals surface area contributed by atoms with Gasteiger partial charge in [0.05, 0.1) is 13.2 Å². The highest BCUT2D eigenvalue weighted by Gasteiger charge is 2.07. The van der Waals surface area contributed by atoms with E-state index in [0.29, 0.717) is 19.0 Å². The molecule has 5 heteroatoms. The summed E-state index contributed by atoms with van der Waals surface area (Å²) in [6.07, 6.45) is 4.34. The summed E-state index contributed by atoms with van der Waals surface area (Å²) < 4.78 is 5.08. The Balaban J connectivity index is 2.33. The second kappa shape index (κ2) is 7.56. The number of ether oxygens (including phenoxy) is 1. The Labute approximate surface area is 95.0 Å². The largest absolute Gasteiger partial charge is 0.383 e. The minimum atomic E-state index is 0.260. The van der Waals surface area contributed by atoms with E-state index in [9.17, 15) is 0 Å². The minimum absolute atomic E-state index is 0.260. The van der Waals surface area contributed by atoms with Crippen molar-refractivity contribution in [3.05, 3.63) is 24.3 Å². The van der Waals surface area contributed by atoms with Crippen LogP contribution in [0.15, 0.2) is 18.5 Å². The molecule has 0 spiro atoms. The SMILES string of the molecule is COCC(CCCl)NCc1ncccn1. The van der Waals surface area contributed by atoms with Crippen LogP contribution in [0, 0.1) is 0 Å². The Hall–Kier alpha value is -0.710. The first-order valence-electron chi connectivity index (χ1n) is 4.91. The standard InChI is InChI=1S/C10H16ClN3O/c1-15-8-9(3-4-11)14-7-10-12-5-2-6-13-10/h2,5-6,9,14H,3-4,7-8H2,1H3. The van der Waals surface area contributed by atoms with Crippen LogP contribution in [0.5, 0.6) is 0 Å². The van der Waals surface area contributed by atoms with Gasteiger partial charge in [-0.25, -0.2) is 9.97 Å². The van der Waals surface area contributed by atoms with E-state index in [1.54, 1.807) is 25.6 Å². The first kappa shape index (κ1) is 12.4. The average Bonchev–Trinajstić information content (AvgIpc) is 2.28. The zero-order valence-electron chi connectivity index (χ0n) is 8.82. The Morgan fingerprint density at radius 1 is 1.47 bits per heavy atom. The van der Waals surface area contributed by atoms with Gasteiger partial charge in [-0.3, -0.25) is 0 Å². The molecule has 0 radical (unpaired) electrons. The lowest BCUT2D eigenvalue weighted by molar-refractivity contribution is 0.163. The molecule has 1 aromatic rings. The van der Waals surface area contributed by atoms with Crippen LogP contribution in [0.4, 0.5) is 0 Å². The zero-order valence-corrected chi connectivity index (χ0v) is 9.57. The summed E-state index contributed by atoms with van der Waals surface area (Å²) in [6.45, 7) is 1.30. The summed E-state index contributed by atoms with van der Waals surface area (Å²) in [7, 11) is 1.68. The molecule has 0 aliphatic heterocycles. The summed E-state index contributed by atoms with van der Waals surface area (Å²) in [5, 5.41) is 3.30. The molecule has 0 aliphatic carbocycles. The zero-order chi connectivity index (χ0) is 10.9. The quantitative estimate of drug-likeness (QED) is 0.714. The van der Waals surface area contributed by atoms with Gasteiger partial charge >= 0.3 is 0 Å². The van der Waals surface area contributed by atoms with E-state index in [1.807, 2.05) is 0 Å². The van der Waals surface area contributed by atoms with E-state index < -0.39 is 0 Å². The van der Waals surface area contributed by atoms with Crippen molar-refractivity contribution < 1.29 is 4.74 Å². The highest BCUT2D eigenvalue weighted by Crippen LogP contribution is 1.97. The normalized spacial score (nSPS) is 12.7. The molecule has 0 saturated carbocycles. The number of methoxy groups -OCH3 is 1. The number of halogens is 1. The highest BCUT2D eigenvalue weighted by molar-refractivity contribution is 6.17. The number of nitrogens with one attached hydrogen (secondary N) is 1. The summed E-state index contributed by atoms with van der Waals surface area (Å²) in [5.41, 5.74) is 0. The maximum absolute atomic E-state index is 5.69. The summed E-state index contributed by atoms with van der Waals surface area (Å²) in [5.74, 6) is 1.41. The van der Waals surface area contributed by atoms with Gasteiger partial charge in [0.1, 0.15) is 5.82 Å². The maximum atomic E-state index is 5.69. The van der Waals surface area contributed by atoms with Crippen molar-refractivity contribution in [3.8, 4) is 0 Å². The number of hydrogen-bond donors (Lipinski definition) is 1. The van der Waals surface area contributed by atoms with E-state index in [4.69, 9.17) is 16.3 Å². The third-order valence-corrected chi connectivity index (χ3v) is 2.21. The molecule has 1 unspecified atom stereocenters. The molecule has 1 atom stereocenters. The molecule has 0 bridgehead atoms. The molecule has 0 fully saturated rings. The molecular weight excluding hydrogens is 214 g/mol. The number of rotatable bonds is 7. The van der Waals surface area contributed by atoms with Crippen LogP contribution in [0.25, 0.3) is 0 Å². The summed E-state index contributed by atoms with van der Waals surface area (Å²) in [4.78, 5) is 8.25. The van der Waals surface area contributed by atoms with Crippen molar-refractivity contribution in [3.63, 3.8) is 0 Å². The fourth-order valence-corrected chi connectivity index (χ4v) is 1.50. The van der Waals surface area contributed by atoms with Crippen molar-refractivity contribution in [2.75, 3.05) is 19.6 Å². The van der Waals surface area contributed by atoms with Gasteiger partial charge in [0.25, 0.3) is 0 Å². The Morgan fingerprint density at radius 3 is 2.80 bits per heavy atom. The molecule has 1 aromatic heterocycles. The third-order valence-electron chi connectivity index (χ3n) is 1.99. The topological polar surface area (TPSA) is 47.0 Å². The van der Waals surface area contributed by atoms with Gasteiger partial charge in [-0.2, -0.15) is 0 Å². The van der Waals surface area contributed by atoms with Gasteiger partial charge < -0.3 is 10.1 Å². The van der Waals surface area contributed by atoms with Crippen molar-refractivity contribution in [1.82, 2.24) is 15.3 Å². The van der Waals surface area contributed by atoms with Crippen LogP contribution in [0.1, 0.15) is 12.2 Å². The predicted octanol–water partition coefficient (Wildman–Crippen LogP) is 1.21. The maximum Gasteiger partial charge on any atom is 0.141 e. The lowest BCUT2D eigenvalue weighted by atomic mass is 10.2. The number of hydrogen-bond acceptors (Lipinski definition) is 4. The van der Waals surface area contributed by atoms with Crippen LogP contribution < -0.4 is 5.32 Å². The van der Waals surface area contributed by atoms with Gasteiger partial charge in [0.2, 0.25) is 0 Å². The van der Waals surface area contributed by atoms with Crippen LogP contribution >= 0.6 is 11.6 Å². The summed E-state index contributed by atoms with van der Waals surface area (Å²) in [6, 6.07) is 2.06. The monoisotopic (exact) mass is 229 g/mol. The van der Waals surface area contributed by atoms with Crippen molar-refractivity contribution in [2.24, 2.45) is 0 Å². The number of nitrogens with zero attached hydrogens (tertiary/aromatic N) is 2. The van der Waals surface area contributed by atoms with Gasteiger partial charge in [-0.15, -0.1) is 11.6 Å². The molecule has 4 nitrogen and oxygen atoms in total. The molecular formula is C10H16ClN3O. The van der Waals surface area contributed by atoms with E-state index in [2.05, 4.69) is 15.3 Å². The van der Waals surface area contributed by atoms with Gasteiger partial charge in [-0.05, 0) is 12.5 Å². The van der Waals surface area contributed by atoms with Crippen LogP contribution in [-0.4, -0.2) is 35.6 Å². The van der Waals surface area contributed by atoms with Gasteiger partial charge in [0, 0.05) is 31.4 Å². The molecule has 0 aromatic carbocycles. The molecule has 84 valence electrons. The van der Waals surface area contributed by atoms with E-state index in [0.717, 1.165) is 12.2 Å². The lowest BCUT2D eigenvalue weighted by Crippen LogP contribution is -2.33. The Bertz CT molecular complexity index is 252. The van der Waals surface area contributed by atoms with E-state index in [-0.39, 0.29) is 6.04 Å². The molecule has 1 heterocycles. The Kier molecular flexibility index (Phi) is 6.23. The molecule has 15 heavy (non-hydrogen) atoms. The first-order chi connectivity index (χ1) is 7.36. The molecule has 0 aliphatic rings. The third kappa shape index (κ3) is 5.06. The molecule has 0 saturated heterocycles. The first-order valence-corrected chi connectivity index (χ1v) is 5.44. The lowest BCUT2D eigenvalue weighted by Gasteiger charge is -2.15. The van der Waals surface area contributed by atoms with Gasteiger partial charge in [-0.1, -0.05) is 0 Å². The van der Waals surface area contributed by atoms with Crippen molar-refractivity contribution in [2.45, 2.75) is 19.0 Å². The molecule has 1 N–H and O–H groups in total. The predicted molar refractivity (Wildman–Crippen MR) is 59.9 cm³/mol. The minimum Gasteiger partial charge on any atom is -0.383 e. The van der Waals surface area contributed by atoms with Crippen LogP contribution in [0.3, 0.4) is 0 Å². The fourth-order valence-electron chi connectivity index (χ4n) is 1.23. The molecule has 0 amide bonds. The average molecular weight is 230 g/mol. The number of aromatic nitrogens is 2. The van der Waals surface area contributed by atoms with Crippen molar-refractivity contribution >= 4 is 11.6 Å². The smallest absolute Gasteiger partial charge is 0.141 e. The summed E-state index contributed by atoms with van der Waals surface area (Å²) >= 11 is 5.69. The van der Waals surface area contributed by atoms with Crippen LogP contribution in [-0.2, 0) is 11.3 Å². The van der Waals surface area contributed by atoms with E-state index >= 15 is 0 Å². The second-order valence-corrected chi connectivity index (χ2v) is 3.55. The van der Waals surface area contributed by atoms with Gasteiger partial charge in [0.15, 0.2) is 0 Å². The van der Waals surface area contributed by atoms with Crippen molar-refractivity contribution in [1.29, 1.82) is 0 Å². The molecule has 1 rings (SSSR count). The van der Waals surface area contributed by atoms with Crippen LogP contribution in [0.2, 0.25) is 0 Å². The number of alkyl halides is 1.